The zero-order valence-electron chi connectivity index (χ0n) is 11.9. The van der Waals surface area contributed by atoms with Crippen molar-refractivity contribution in [2.45, 2.75) is 26.3 Å². The molecule has 1 aromatic carbocycles. The monoisotopic (exact) mass is 286 g/mol. The van der Waals surface area contributed by atoms with Gasteiger partial charge in [-0.2, -0.15) is 0 Å². The smallest absolute Gasteiger partial charge is 0.197 e. The Balaban J connectivity index is 1.87. The molecule has 3 nitrogen and oxygen atoms in total. The van der Waals surface area contributed by atoms with E-state index in [1.165, 1.54) is 15.3 Å². The number of nitrogens with zero attached hydrogens (tertiary/aromatic N) is 1. The molecule has 3 aromatic rings. The molecule has 0 saturated heterocycles. The second-order valence-corrected chi connectivity index (χ2v) is 6.30. The van der Waals surface area contributed by atoms with Crippen LogP contribution >= 0.6 is 11.3 Å². The van der Waals surface area contributed by atoms with E-state index in [-0.39, 0.29) is 6.04 Å². The average Bonchev–Trinajstić information content (AvgIpc) is 2.99. The molecule has 0 spiro atoms. The number of para-hydroxylation sites is 2. The molecule has 2 aromatic heterocycles. The molecular weight excluding hydrogens is 268 g/mol. The van der Waals surface area contributed by atoms with E-state index in [4.69, 9.17) is 4.42 Å². The third-order valence-corrected chi connectivity index (χ3v) is 4.86. The fourth-order valence-corrected chi connectivity index (χ4v) is 3.45. The van der Waals surface area contributed by atoms with Gasteiger partial charge >= 0.3 is 0 Å². The molecule has 0 saturated carbocycles. The zero-order chi connectivity index (χ0) is 14.1. The van der Waals surface area contributed by atoms with Crippen molar-refractivity contribution < 1.29 is 4.42 Å². The number of benzene rings is 1. The molecule has 1 atom stereocenters. The summed E-state index contributed by atoms with van der Waals surface area (Å²) in [6, 6.07) is 10.4. The Bertz CT molecular complexity index is 676. The summed E-state index contributed by atoms with van der Waals surface area (Å²) in [5.74, 6) is 0.786. The van der Waals surface area contributed by atoms with Crippen LogP contribution in [0.2, 0.25) is 0 Å². The predicted octanol–water partition coefficient (Wildman–Crippen LogP) is 4.01. The van der Waals surface area contributed by atoms with Crippen LogP contribution in [0.3, 0.4) is 0 Å². The van der Waals surface area contributed by atoms with Crippen LogP contribution in [0.4, 0.5) is 0 Å². The van der Waals surface area contributed by atoms with Gasteiger partial charge in [-0.1, -0.05) is 12.1 Å². The summed E-state index contributed by atoms with van der Waals surface area (Å²) in [5.41, 5.74) is 3.13. The Hall–Kier alpha value is -1.65. The number of hydrogen-bond acceptors (Lipinski definition) is 4. The molecule has 104 valence electrons. The molecule has 4 heteroatoms. The summed E-state index contributed by atoms with van der Waals surface area (Å²) in [5, 5.41) is 3.36. The van der Waals surface area contributed by atoms with Crippen LogP contribution in [0, 0.1) is 13.8 Å². The van der Waals surface area contributed by atoms with Crippen LogP contribution in [0.25, 0.3) is 11.1 Å². The molecular formula is C16H18N2OS. The van der Waals surface area contributed by atoms with E-state index >= 15 is 0 Å². The highest BCUT2D eigenvalue weighted by atomic mass is 32.1. The number of oxazole rings is 1. The Morgan fingerprint density at radius 3 is 2.75 bits per heavy atom. The quantitative estimate of drug-likeness (QED) is 0.787. The van der Waals surface area contributed by atoms with E-state index in [1.54, 1.807) is 0 Å². The van der Waals surface area contributed by atoms with Crippen LogP contribution in [0.5, 0.6) is 0 Å². The number of rotatable bonds is 4. The molecule has 20 heavy (non-hydrogen) atoms. The van der Waals surface area contributed by atoms with Gasteiger partial charge in [-0.3, -0.25) is 0 Å². The number of thiophene rings is 1. The van der Waals surface area contributed by atoms with Gasteiger partial charge in [0.25, 0.3) is 0 Å². The van der Waals surface area contributed by atoms with Crippen molar-refractivity contribution >= 4 is 22.4 Å². The van der Waals surface area contributed by atoms with Crippen molar-refractivity contribution in [1.82, 2.24) is 10.3 Å². The molecule has 3 rings (SSSR count). The number of aryl methyl sites for hydroxylation is 2. The first kappa shape index (κ1) is 13.3. The first-order chi connectivity index (χ1) is 9.67. The van der Waals surface area contributed by atoms with Crippen LogP contribution in [-0.4, -0.2) is 12.0 Å². The average molecular weight is 286 g/mol. The molecule has 0 aliphatic carbocycles. The number of nitrogens with one attached hydrogen (secondary N) is 1. The lowest BCUT2D eigenvalue weighted by Gasteiger charge is -2.11. The minimum atomic E-state index is 0.250. The summed E-state index contributed by atoms with van der Waals surface area (Å²) < 4.78 is 5.81. The highest BCUT2D eigenvalue weighted by molar-refractivity contribution is 7.12. The second-order valence-electron chi connectivity index (χ2n) is 5.01. The largest absolute Gasteiger partial charge is 0.441 e. The van der Waals surface area contributed by atoms with Crippen molar-refractivity contribution in [2.24, 2.45) is 0 Å². The van der Waals surface area contributed by atoms with Crippen molar-refractivity contribution in [2.75, 3.05) is 7.05 Å². The molecule has 0 fully saturated rings. The summed E-state index contributed by atoms with van der Waals surface area (Å²) in [6.07, 6.45) is 0.768. The summed E-state index contributed by atoms with van der Waals surface area (Å²) in [7, 11) is 1.98. The van der Waals surface area contributed by atoms with Crippen LogP contribution in [-0.2, 0) is 6.42 Å². The predicted molar refractivity (Wildman–Crippen MR) is 83.3 cm³/mol. The fraction of sp³-hybridized carbons (Fsp3) is 0.312. The highest BCUT2D eigenvalue weighted by Gasteiger charge is 2.17. The van der Waals surface area contributed by atoms with Crippen molar-refractivity contribution in [3.05, 3.63) is 51.5 Å². The summed E-state index contributed by atoms with van der Waals surface area (Å²) >= 11 is 1.84. The van der Waals surface area contributed by atoms with E-state index in [1.807, 2.05) is 42.6 Å². The van der Waals surface area contributed by atoms with Crippen molar-refractivity contribution in [1.29, 1.82) is 0 Å². The zero-order valence-corrected chi connectivity index (χ0v) is 12.8. The van der Waals surface area contributed by atoms with E-state index < -0.39 is 0 Å². The standard InChI is InChI=1S/C16H18N2OS/c1-10-8-15(20-11(10)2)13(17-3)9-16-18-12-6-4-5-7-14(12)19-16/h4-8,13,17H,9H2,1-3H3. The van der Waals surface area contributed by atoms with Gasteiger partial charge < -0.3 is 9.73 Å². The third kappa shape index (κ3) is 2.49. The van der Waals surface area contributed by atoms with E-state index in [0.29, 0.717) is 0 Å². The van der Waals surface area contributed by atoms with Crippen molar-refractivity contribution in [3.63, 3.8) is 0 Å². The van der Waals surface area contributed by atoms with Gasteiger partial charge in [0.2, 0.25) is 0 Å². The maximum absolute atomic E-state index is 5.81. The van der Waals surface area contributed by atoms with Gasteiger partial charge in [0.05, 0.1) is 0 Å². The molecule has 0 bridgehead atoms. The van der Waals surface area contributed by atoms with Gasteiger partial charge in [0, 0.05) is 22.2 Å². The molecule has 0 amide bonds. The van der Waals surface area contributed by atoms with Gasteiger partial charge in [-0.05, 0) is 44.7 Å². The van der Waals surface area contributed by atoms with Crippen LogP contribution < -0.4 is 5.32 Å². The van der Waals surface area contributed by atoms with E-state index in [0.717, 1.165) is 23.4 Å². The minimum Gasteiger partial charge on any atom is -0.441 e. The first-order valence-corrected chi connectivity index (χ1v) is 7.57. The number of hydrogen-bond donors (Lipinski definition) is 1. The molecule has 0 aliphatic heterocycles. The van der Waals surface area contributed by atoms with Gasteiger partial charge in [-0.25, -0.2) is 4.98 Å². The lowest BCUT2D eigenvalue weighted by atomic mass is 10.1. The normalized spacial score (nSPS) is 12.9. The van der Waals surface area contributed by atoms with Crippen molar-refractivity contribution in [3.8, 4) is 0 Å². The van der Waals surface area contributed by atoms with E-state index in [2.05, 4.69) is 30.2 Å². The maximum Gasteiger partial charge on any atom is 0.197 e. The SMILES string of the molecule is CNC(Cc1nc2ccccc2o1)c1cc(C)c(C)s1. The molecule has 0 aliphatic rings. The third-order valence-electron chi connectivity index (χ3n) is 3.59. The highest BCUT2D eigenvalue weighted by Crippen LogP contribution is 2.29. The second kappa shape index (κ2) is 5.38. The number of aromatic nitrogens is 1. The fourth-order valence-electron chi connectivity index (χ4n) is 2.30. The Kier molecular flexibility index (Phi) is 3.59. The lowest BCUT2D eigenvalue weighted by molar-refractivity contribution is 0.477. The van der Waals surface area contributed by atoms with Crippen LogP contribution in [0.1, 0.15) is 27.3 Å². The van der Waals surface area contributed by atoms with Gasteiger partial charge in [0.15, 0.2) is 11.5 Å². The number of fused-ring (bicyclic) bond motifs is 1. The Morgan fingerprint density at radius 2 is 2.10 bits per heavy atom. The molecule has 1 unspecified atom stereocenters. The van der Waals surface area contributed by atoms with Gasteiger partial charge in [0.1, 0.15) is 5.52 Å². The molecule has 2 heterocycles. The van der Waals surface area contributed by atoms with Gasteiger partial charge in [-0.15, -0.1) is 11.3 Å². The first-order valence-electron chi connectivity index (χ1n) is 6.76. The summed E-state index contributed by atoms with van der Waals surface area (Å²) in [6.45, 7) is 4.32. The number of likely N-dealkylation sites (N-methyl/N-ethyl adjacent to an activating group) is 1. The Morgan fingerprint density at radius 1 is 1.30 bits per heavy atom. The maximum atomic E-state index is 5.81. The Labute approximate surface area is 122 Å². The van der Waals surface area contributed by atoms with Crippen LogP contribution in [0.15, 0.2) is 34.7 Å². The summed E-state index contributed by atoms with van der Waals surface area (Å²) in [4.78, 5) is 7.26. The lowest BCUT2D eigenvalue weighted by Crippen LogP contribution is -2.17. The molecule has 1 N–H and O–H groups in total. The molecule has 0 radical (unpaired) electrons. The minimum absolute atomic E-state index is 0.250. The van der Waals surface area contributed by atoms with E-state index in [9.17, 15) is 0 Å². The topological polar surface area (TPSA) is 38.1 Å².